The van der Waals surface area contributed by atoms with Crippen LogP contribution in [0.3, 0.4) is 0 Å². The highest BCUT2D eigenvalue weighted by molar-refractivity contribution is 7.90. The van der Waals surface area contributed by atoms with Crippen LogP contribution in [-0.4, -0.2) is 63.6 Å². The van der Waals surface area contributed by atoms with E-state index in [4.69, 9.17) is 14.7 Å². The van der Waals surface area contributed by atoms with Crippen LogP contribution in [0.2, 0.25) is 0 Å². The van der Waals surface area contributed by atoms with Crippen LogP contribution in [0.25, 0.3) is 0 Å². The van der Waals surface area contributed by atoms with Gasteiger partial charge in [0, 0.05) is 37.6 Å². The van der Waals surface area contributed by atoms with Gasteiger partial charge < -0.3 is 14.4 Å². The first-order valence-corrected chi connectivity index (χ1v) is 10.6. The lowest BCUT2D eigenvalue weighted by Gasteiger charge is -2.20. The van der Waals surface area contributed by atoms with Crippen LogP contribution < -0.4 is 4.74 Å². The van der Waals surface area contributed by atoms with Gasteiger partial charge in [-0.05, 0) is 24.3 Å². The summed E-state index contributed by atoms with van der Waals surface area (Å²) < 4.78 is 34.1. The van der Waals surface area contributed by atoms with E-state index in [0.717, 1.165) is 6.26 Å². The van der Waals surface area contributed by atoms with Crippen molar-refractivity contribution in [2.24, 2.45) is 11.8 Å². The zero-order valence-corrected chi connectivity index (χ0v) is 15.4. The van der Waals surface area contributed by atoms with E-state index < -0.39 is 9.84 Å². The van der Waals surface area contributed by atoms with E-state index in [0.29, 0.717) is 37.6 Å². The summed E-state index contributed by atoms with van der Waals surface area (Å²) in [6.07, 6.45) is 1.15. The molecule has 0 unspecified atom stereocenters. The second-order valence-electron chi connectivity index (χ2n) is 6.92. The number of benzene rings is 1. The van der Waals surface area contributed by atoms with Crippen LogP contribution in [0.15, 0.2) is 24.3 Å². The lowest BCUT2D eigenvalue weighted by molar-refractivity contribution is -0.130. The topological polar surface area (TPSA) is 96.7 Å². The summed E-state index contributed by atoms with van der Waals surface area (Å²) in [4.78, 5) is 13.9. The Morgan fingerprint density at radius 2 is 2.08 bits per heavy atom. The van der Waals surface area contributed by atoms with Crippen molar-refractivity contribution in [1.82, 2.24) is 4.90 Å². The van der Waals surface area contributed by atoms with Gasteiger partial charge >= 0.3 is 0 Å². The first kappa shape index (κ1) is 18.7. The monoisotopic (exact) mass is 378 g/mol. The second kappa shape index (κ2) is 7.64. The van der Waals surface area contributed by atoms with Crippen molar-refractivity contribution >= 4 is 15.7 Å². The van der Waals surface area contributed by atoms with E-state index in [1.54, 1.807) is 29.2 Å². The quantitative estimate of drug-likeness (QED) is 0.728. The Labute approximate surface area is 153 Å². The Bertz CT molecular complexity index is 800. The van der Waals surface area contributed by atoms with E-state index in [2.05, 4.69) is 6.07 Å². The maximum atomic E-state index is 12.2. The minimum absolute atomic E-state index is 0.00764. The highest BCUT2D eigenvalue weighted by atomic mass is 32.2. The number of hydrogen-bond acceptors (Lipinski definition) is 6. The minimum Gasteiger partial charge on any atom is -0.493 e. The van der Waals surface area contributed by atoms with E-state index in [1.807, 2.05) is 0 Å². The molecule has 0 bridgehead atoms. The molecule has 0 radical (unpaired) electrons. The van der Waals surface area contributed by atoms with Gasteiger partial charge in [0.25, 0.3) is 0 Å². The molecule has 0 aliphatic carbocycles. The van der Waals surface area contributed by atoms with Gasteiger partial charge in [-0.25, -0.2) is 8.42 Å². The molecule has 2 aliphatic rings. The Hall–Kier alpha value is -2.11. The van der Waals surface area contributed by atoms with Gasteiger partial charge in [0.2, 0.25) is 5.91 Å². The highest BCUT2D eigenvalue weighted by Crippen LogP contribution is 2.34. The Morgan fingerprint density at radius 1 is 1.35 bits per heavy atom. The molecule has 2 fully saturated rings. The molecule has 0 spiro atoms. The molecular formula is C18H22N2O5S. The number of amides is 1. The third-order valence-electron chi connectivity index (χ3n) is 4.93. The summed E-state index contributed by atoms with van der Waals surface area (Å²) in [6, 6.07) is 9.02. The van der Waals surface area contributed by atoms with Crippen molar-refractivity contribution in [2.45, 2.75) is 12.5 Å². The number of fused-ring (bicyclic) bond motifs is 1. The number of carbonyl (C=O) groups excluding carboxylic acids is 1. The normalized spacial score (nSPS) is 24.9. The Morgan fingerprint density at radius 3 is 2.73 bits per heavy atom. The molecule has 1 amide bonds. The molecule has 26 heavy (non-hydrogen) atoms. The molecule has 3 rings (SSSR count). The predicted molar refractivity (Wildman–Crippen MR) is 94.3 cm³/mol. The molecule has 2 aliphatic heterocycles. The standard InChI is InChI=1S/C18H22N2O5S/c1-26(22,23)7-6-18(21)20-9-16-14(12-25-17(16)10-20)11-24-15-4-2-13(8-19)3-5-15/h2-5,14,16-17H,6-7,9-12H2,1H3/t14-,16-,17-/m1/s1. The summed E-state index contributed by atoms with van der Waals surface area (Å²) in [7, 11) is -3.14. The van der Waals surface area contributed by atoms with Gasteiger partial charge in [0.05, 0.1) is 36.7 Å². The fourth-order valence-electron chi connectivity index (χ4n) is 3.43. The summed E-state index contributed by atoms with van der Waals surface area (Å²) in [5.41, 5.74) is 0.584. The molecule has 8 heteroatoms. The number of rotatable bonds is 6. The molecule has 1 aromatic rings. The number of ether oxygens (including phenoxy) is 2. The number of likely N-dealkylation sites (tertiary alicyclic amines) is 1. The fourth-order valence-corrected chi connectivity index (χ4v) is 3.98. The van der Waals surface area contributed by atoms with Crippen molar-refractivity contribution in [1.29, 1.82) is 5.26 Å². The van der Waals surface area contributed by atoms with Gasteiger partial charge in [0.15, 0.2) is 0 Å². The average Bonchev–Trinajstić information content (AvgIpc) is 3.19. The van der Waals surface area contributed by atoms with E-state index >= 15 is 0 Å². The van der Waals surface area contributed by atoms with Gasteiger partial charge in [-0.1, -0.05) is 0 Å². The average molecular weight is 378 g/mol. The number of nitrogens with zero attached hydrogens (tertiary/aromatic N) is 2. The number of sulfone groups is 1. The third-order valence-corrected chi connectivity index (χ3v) is 5.87. The lowest BCUT2D eigenvalue weighted by Crippen LogP contribution is -2.33. The van der Waals surface area contributed by atoms with Crippen LogP contribution >= 0.6 is 0 Å². The van der Waals surface area contributed by atoms with Crippen LogP contribution in [0.4, 0.5) is 0 Å². The van der Waals surface area contributed by atoms with Gasteiger partial charge in [-0.15, -0.1) is 0 Å². The molecule has 0 aromatic heterocycles. The largest absolute Gasteiger partial charge is 0.493 e. The Balaban J connectivity index is 1.51. The van der Waals surface area contributed by atoms with Crippen LogP contribution in [-0.2, 0) is 19.4 Å². The van der Waals surface area contributed by atoms with Crippen molar-refractivity contribution in [3.8, 4) is 11.8 Å². The lowest BCUT2D eigenvalue weighted by atomic mass is 9.94. The van der Waals surface area contributed by atoms with Crippen molar-refractivity contribution < 1.29 is 22.7 Å². The zero-order valence-electron chi connectivity index (χ0n) is 14.6. The molecule has 7 nitrogen and oxygen atoms in total. The summed E-state index contributed by atoms with van der Waals surface area (Å²) in [5.74, 6) is 0.828. The molecule has 140 valence electrons. The first-order valence-electron chi connectivity index (χ1n) is 8.56. The van der Waals surface area contributed by atoms with Crippen LogP contribution in [0, 0.1) is 23.2 Å². The summed E-state index contributed by atoms with van der Waals surface area (Å²) in [5, 5.41) is 8.81. The minimum atomic E-state index is -3.14. The fraction of sp³-hybridized carbons (Fsp3) is 0.556. The molecule has 1 aromatic carbocycles. The van der Waals surface area contributed by atoms with E-state index in [1.165, 1.54) is 0 Å². The van der Waals surface area contributed by atoms with Crippen LogP contribution in [0.5, 0.6) is 5.75 Å². The second-order valence-corrected chi connectivity index (χ2v) is 9.18. The number of carbonyl (C=O) groups is 1. The van der Waals surface area contributed by atoms with Crippen LogP contribution in [0.1, 0.15) is 12.0 Å². The van der Waals surface area contributed by atoms with Crippen molar-refractivity contribution in [2.75, 3.05) is 38.3 Å². The van der Waals surface area contributed by atoms with Gasteiger partial charge in [-0.3, -0.25) is 4.79 Å². The number of hydrogen-bond donors (Lipinski definition) is 0. The number of nitriles is 1. The maximum Gasteiger partial charge on any atom is 0.223 e. The first-order chi connectivity index (χ1) is 12.4. The smallest absolute Gasteiger partial charge is 0.223 e. The van der Waals surface area contributed by atoms with E-state index in [-0.39, 0.29) is 36.0 Å². The molecule has 2 heterocycles. The predicted octanol–water partition coefficient (Wildman–Crippen LogP) is 0.845. The SMILES string of the molecule is CS(=O)(=O)CCC(=O)N1C[C@@H]2[C@H](COc3ccc(C#N)cc3)CO[C@@H]2C1. The van der Waals surface area contributed by atoms with Crippen molar-refractivity contribution in [3.05, 3.63) is 29.8 Å². The molecule has 2 saturated heterocycles. The molecule has 0 saturated carbocycles. The third kappa shape index (κ3) is 4.54. The Kier molecular flexibility index (Phi) is 5.49. The molecule has 3 atom stereocenters. The summed E-state index contributed by atoms with van der Waals surface area (Å²) >= 11 is 0. The molecule has 0 N–H and O–H groups in total. The van der Waals surface area contributed by atoms with E-state index in [9.17, 15) is 13.2 Å². The highest BCUT2D eigenvalue weighted by Gasteiger charge is 2.45. The maximum absolute atomic E-state index is 12.2. The summed E-state index contributed by atoms with van der Waals surface area (Å²) in [6.45, 7) is 2.17. The van der Waals surface area contributed by atoms with Gasteiger partial charge in [-0.2, -0.15) is 5.26 Å². The van der Waals surface area contributed by atoms with Crippen molar-refractivity contribution in [3.63, 3.8) is 0 Å². The van der Waals surface area contributed by atoms with Gasteiger partial charge in [0.1, 0.15) is 15.6 Å². The zero-order chi connectivity index (χ0) is 18.7. The molecular weight excluding hydrogens is 356 g/mol.